The first kappa shape index (κ1) is 19.9. The third kappa shape index (κ3) is 4.59. The zero-order chi connectivity index (χ0) is 19.3. The fraction of sp³-hybridized carbons (Fsp3) is 0.278. The molecule has 1 unspecified atom stereocenters. The number of rotatable bonds is 7. The normalized spacial score (nSPS) is 12.5. The summed E-state index contributed by atoms with van der Waals surface area (Å²) in [5, 5.41) is 2.46. The molecule has 0 spiro atoms. The summed E-state index contributed by atoms with van der Waals surface area (Å²) in [6, 6.07) is 9.21. The van der Waals surface area contributed by atoms with Crippen molar-refractivity contribution in [2.45, 2.75) is 24.8 Å². The van der Waals surface area contributed by atoms with Crippen molar-refractivity contribution >= 4 is 15.9 Å². The molecule has 0 fully saturated rings. The molecule has 0 bridgehead atoms. The van der Waals surface area contributed by atoms with E-state index in [4.69, 9.17) is 4.74 Å². The molecule has 0 saturated carbocycles. The largest absolute Gasteiger partial charge is 0.491 e. The third-order valence-corrected chi connectivity index (χ3v) is 5.30. The van der Waals surface area contributed by atoms with Crippen LogP contribution < -0.4 is 14.8 Å². The molecule has 0 saturated heterocycles. The van der Waals surface area contributed by atoms with E-state index in [-0.39, 0.29) is 16.6 Å². The van der Waals surface area contributed by atoms with E-state index in [1.54, 1.807) is 19.9 Å². The van der Waals surface area contributed by atoms with E-state index >= 15 is 0 Å². The number of nitrogens with one attached hydrogen (secondary N) is 2. The van der Waals surface area contributed by atoms with Crippen molar-refractivity contribution in [1.82, 2.24) is 10.0 Å². The number of ether oxygens (including phenoxy) is 1. The van der Waals surface area contributed by atoms with Gasteiger partial charge in [-0.15, -0.1) is 0 Å². The van der Waals surface area contributed by atoms with Gasteiger partial charge < -0.3 is 10.1 Å². The summed E-state index contributed by atoms with van der Waals surface area (Å²) in [6.45, 7) is 3.70. The Hall–Kier alpha value is -2.45. The van der Waals surface area contributed by atoms with Gasteiger partial charge in [-0.1, -0.05) is 6.07 Å². The Morgan fingerprint density at radius 2 is 1.85 bits per heavy atom. The van der Waals surface area contributed by atoms with E-state index in [0.717, 1.165) is 0 Å². The minimum atomic E-state index is -3.83. The summed E-state index contributed by atoms with van der Waals surface area (Å²) in [6.07, 6.45) is 0. The van der Waals surface area contributed by atoms with Gasteiger partial charge in [-0.05, 0) is 55.8 Å². The van der Waals surface area contributed by atoms with Crippen molar-refractivity contribution in [3.8, 4) is 5.75 Å². The van der Waals surface area contributed by atoms with Crippen LogP contribution in [0.1, 0.15) is 35.8 Å². The van der Waals surface area contributed by atoms with Crippen molar-refractivity contribution in [1.29, 1.82) is 0 Å². The minimum absolute atomic E-state index is 0.0170. The lowest BCUT2D eigenvalue weighted by molar-refractivity contribution is 0.0963. The Labute approximate surface area is 152 Å². The van der Waals surface area contributed by atoms with Crippen molar-refractivity contribution in [3.63, 3.8) is 0 Å². The fourth-order valence-electron chi connectivity index (χ4n) is 2.36. The second kappa shape index (κ2) is 8.29. The molecule has 1 amide bonds. The summed E-state index contributed by atoms with van der Waals surface area (Å²) in [5.41, 5.74) is 0.824. The second-order valence-corrected chi connectivity index (χ2v) is 7.28. The van der Waals surface area contributed by atoms with Crippen molar-refractivity contribution in [3.05, 3.63) is 59.4 Å². The molecule has 2 aromatic carbocycles. The SMILES string of the molecule is CCOc1ccc(C(C)NS(=O)(=O)c2ccc(C(=O)NC)cc2)cc1F. The van der Waals surface area contributed by atoms with Gasteiger partial charge in [0.1, 0.15) is 0 Å². The molecule has 140 valence electrons. The monoisotopic (exact) mass is 380 g/mol. The zero-order valence-corrected chi connectivity index (χ0v) is 15.6. The van der Waals surface area contributed by atoms with Crippen LogP contribution in [0.4, 0.5) is 4.39 Å². The van der Waals surface area contributed by atoms with Gasteiger partial charge in [-0.3, -0.25) is 4.79 Å². The molecule has 0 aromatic heterocycles. The predicted octanol–water partition coefficient (Wildman–Crippen LogP) is 2.62. The first-order chi connectivity index (χ1) is 12.3. The van der Waals surface area contributed by atoms with Crippen LogP contribution in [-0.4, -0.2) is 28.0 Å². The molecule has 0 heterocycles. The number of hydrogen-bond acceptors (Lipinski definition) is 4. The van der Waals surface area contributed by atoms with Crippen molar-refractivity contribution in [2.24, 2.45) is 0 Å². The summed E-state index contributed by atoms with van der Waals surface area (Å²) in [5.74, 6) is -0.735. The molecule has 0 aliphatic carbocycles. The average Bonchev–Trinajstić information content (AvgIpc) is 2.62. The van der Waals surface area contributed by atoms with Crippen LogP contribution in [-0.2, 0) is 10.0 Å². The third-order valence-electron chi connectivity index (χ3n) is 3.74. The number of carbonyl (C=O) groups excluding carboxylic acids is 1. The van der Waals surface area contributed by atoms with Crippen LogP contribution in [0.5, 0.6) is 5.75 Å². The topological polar surface area (TPSA) is 84.5 Å². The minimum Gasteiger partial charge on any atom is -0.491 e. The Morgan fingerprint density at radius 3 is 2.38 bits per heavy atom. The maximum Gasteiger partial charge on any atom is 0.251 e. The quantitative estimate of drug-likeness (QED) is 0.773. The van der Waals surface area contributed by atoms with Crippen molar-refractivity contribution < 1.29 is 22.3 Å². The Balaban J connectivity index is 2.18. The average molecular weight is 380 g/mol. The van der Waals surface area contributed by atoms with E-state index in [2.05, 4.69) is 10.0 Å². The van der Waals surface area contributed by atoms with Gasteiger partial charge in [-0.2, -0.15) is 0 Å². The maximum atomic E-state index is 14.0. The molecular weight excluding hydrogens is 359 g/mol. The maximum absolute atomic E-state index is 14.0. The van der Waals surface area contributed by atoms with Crippen LogP contribution in [0.2, 0.25) is 0 Å². The van der Waals surface area contributed by atoms with Crippen molar-refractivity contribution in [2.75, 3.05) is 13.7 Å². The zero-order valence-electron chi connectivity index (χ0n) is 14.7. The van der Waals surface area contributed by atoms with Gasteiger partial charge in [0.15, 0.2) is 11.6 Å². The highest BCUT2D eigenvalue weighted by Gasteiger charge is 2.20. The number of benzene rings is 2. The lowest BCUT2D eigenvalue weighted by Crippen LogP contribution is -2.27. The van der Waals surface area contributed by atoms with Gasteiger partial charge in [0.25, 0.3) is 5.91 Å². The van der Waals surface area contributed by atoms with Gasteiger partial charge in [0.2, 0.25) is 10.0 Å². The number of carbonyl (C=O) groups is 1. The number of hydrogen-bond donors (Lipinski definition) is 2. The molecule has 0 aliphatic heterocycles. The molecule has 2 rings (SSSR count). The Bertz CT molecular complexity index is 883. The summed E-state index contributed by atoms with van der Waals surface area (Å²) < 4.78 is 46.6. The lowest BCUT2D eigenvalue weighted by Gasteiger charge is -2.16. The molecule has 8 heteroatoms. The fourth-order valence-corrected chi connectivity index (χ4v) is 3.59. The number of halogens is 1. The highest BCUT2D eigenvalue weighted by Crippen LogP contribution is 2.23. The smallest absolute Gasteiger partial charge is 0.251 e. The highest BCUT2D eigenvalue weighted by atomic mass is 32.2. The van der Waals surface area contributed by atoms with Gasteiger partial charge in [0.05, 0.1) is 11.5 Å². The van der Waals surface area contributed by atoms with Crippen LogP contribution in [0.25, 0.3) is 0 Å². The van der Waals surface area contributed by atoms with Crippen LogP contribution >= 0.6 is 0 Å². The van der Waals surface area contributed by atoms with E-state index < -0.39 is 21.9 Å². The first-order valence-electron chi connectivity index (χ1n) is 8.05. The number of sulfonamides is 1. The van der Waals surface area contributed by atoms with Crippen LogP contribution in [0, 0.1) is 5.82 Å². The molecular formula is C18H21FN2O4S. The first-order valence-corrected chi connectivity index (χ1v) is 9.53. The number of amides is 1. The van der Waals surface area contributed by atoms with E-state index in [1.165, 1.54) is 43.4 Å². The lowest BCUT2D eigenvalue weighted by atomic mass is 10.1. The molecule has 2 aromatic rings. The molecule has 0 radical (unpaired) electrons. The summed E-state index contributed by atoms with van der Waals surface area (Å²) in [7, 11) is -2.33. The molecule has 1 atom stereocenters. The van der Waals surface area contributed by atoms with Crippen LogP contribution in [0.3, 0.4) is 0 Å². The molecule has 0 aliphatic rings. The molecule has 26 heavy (non-hydrogen) atoms. The highest BCUT2D eigenvalue weighted by molar-refractivity contribution is 7.89. The van der Waals surface area contributed by atoms with E-state index in [9.17, 15) is 17.6 Å². The standard InChI is InChI=1S/C18H21FN2O4S/c1-4-25-17-10-7-14(11-16(17)19)12(2)21-26(23,24)15-8-5-13(6-9-15)18(22)20-3/h5-12,21H,4H2,1-3H3,(H,20,22). The van der Waals surface area contributed by atoms with Crippen LogP contribution in [0.15, 0.2) is 47.4 Å². The summed E-state index contributed by atoms with van der Waals surface area (Å²) >= 11 is 0. The van der Waals surface area contributed by atoms with Gasteiger partial charge >= 0.3 is 0 Å². The predicted molar refractivity (Wildman–Crippen MR) is 96.1 cm³/mol. The Morgan fingerprint density at radius 1 is 1.19 bits per heavy atom. The molecule has 6 nitrogen and oxygen atoms in total. The van der Waals surface area contributed by atoms with Gasteiger partial charge in [-0.25, -0.2) is 17.5 Å². The molecule has 2 N–H and O–H groups in total. The Kier molecular flexibility index (Phi) is 6.33. The van der Waals surface area contributed by atoms with E-state index in [1.807, 2.05) is 0 Å². The second-order valence-electron chi connectivity index (χ2n) is 5.57. The summed E-state index contributed by atoms with van der Waals surface area (Å²) in [4.78, 5) is 11.5. The van der Waals surface area contributed by atoms with Gasteiger partial charge in [0, 0.05) is 18.7 Å². The van der Waals surface area contributed by atoms with E-state index in [0.29, 0.717) is 17.7 Å².